The molecule has 0 unspecified atom stereocenters. The van der Waals surface area contributed by atoms with Gasteiger partial charge in [-0.15, -0.1) is 23.5 Å². The third-order valence-corrected chi connectivity index (χ3v) is 4.35. The first-order chi connectivity index (χ1) is 8.24. The van der Waals surface area contributed by atoms with Crippen LogP contribution in [0.15, 0.2) is 28.5 Å². The Hall–Kier alpha value is -1.07. The molecule has 3 nitrogen and oxygen atoms in total. The van der Waals surface area contributed by atoms with Gasteiger partial charge in [-0.3, -0.25) is 4.79 Å². The standard InChI is InChI=1S/C12H12O3S2/c1-16-12(17-2)6-9(13)8-3-4-10-11(5-8)15-7-14-10/h3-6H,7H2,1-2H3. The van der Waals surface area contributed by atoms with E-state index in [9.17, 15) is 4.79 Å². The van der Waals surface area contributed by atoms with E-state index in [4.69, 9.17) is 9.47 Å². The van der Waals surface area contributed by atoms with Crippen LogP contribution in [0, 0.1) is 0 Å². The van der Waals surface area contributed by atoms with Crippen LogP contribution in [-0.4, -0.2) is 25.1 Å². The highest BCUT2D eigenvalue weighted by Gasteiger charge is 2.15. The minimum absolute atomic E-state index is 0.0120. The Morgan fingerprint density at radius 3 is 2.65 bits per heavy atom. The number of thioether (sulfide) groups is 2. The van der Waals surface area contributed by atoms with Crippen LogP contribution in [0.5, 0.6) is 11.5 Å². The van der Waals surface area contributed by atoms with Crippen molar-refractivity contribution in [1.29, 1.82) is 0 Å². The van der Waals surface area contributed by atoms with Crippen LogP contribution in [0.4, 0.5) is 0 Å². The molecule has 0 aromatic heterocycles. The van der Waals surface area contributed by atoms with E-state index in [-0.39, 0.29) is 12.6 Å². The molecule has 2 rings (SSSR count). The molecule has 5 heteroatoms. The fraction of sp³-hybridized carbons (Fsp3) is 0.250. The van der Waals surface area contributed by atoms with Gasteiger partial charge in [-0.2, -0.15) is 0 Å². The van der Waals surface area contributed by atoms with Crippen LogP contribution in [0.25, 0.3) is 0 Å². The smallest absolute Gasteiger partial charge is 0.231 e. The Labute approximate surface area is 109 Å². The van der Waals surface area contributed by atoms with Gasteiger partial charge in [0, 0.05) is 15.9 Å². The lowest BCUT2D eigenvalue weighted by molar-refractivity contribution is 0.104. The Kier molecular flexibility index (Phi) is 4.02. The zero-order valence-electron chi connectivity index (χ0n) is 9.56. The first-order valence-corrected chi connectivity index (χ1v) is 7.43. The molecule has 0 fully saturated rings. The molecule has 0 amide bonds. The van der Waals surface area contributed by atoms with Gasteiger partial charge in [0.2, 0.25) is 6.79 Å². The summed E-state index contributed by atoms with van der Waals surface area (Å²) in [6.45, 7) is 0.226. The van der Waals surface area contributed by atoms with Crippen molar-refractivity contribution in [3.63, 3.8) is 0 Å². The van der Waals surface area contributed by atoms with Crippen molar-refractivity contribution < 1.29 is 14.3 Å². The van der Waals surface area contributed by atoms with Crippen LogP contribution in [0.1, 0.15) is 10.4 Å². The van der Waals surface area contributed by atoms with Crippen molar-refractivity contribution >= 4 is 29.3 Å². The van der Waals surface area contributed by atoms with Crippen LogP contribution < -0.4 is 9.47 Å². The highest BCUT2D eigenvalue weighted by Crippen LogP contribution is 2.33. The maximum absolute atomic E-state index is 12.0. The number of ketones is 1. The second kappa shape index (κ2) is 5.51. The maximum atomic E-state index is 12.0. The molecule has 0 N–H and O–H groups in total. The molecular weight excluding hydrogens is 256 g/mol. The Morgan fingerprint density at radius 2 is 1.94 bits per heavy atom. The van der Waals surface area contributed by atoms with Crippen LogP contribution in [0.3, 0.4) is 0 Å². The molecule has 1 heterocycles. The zero-order valence-corrected chi connectivity index (χ0v) is 11.2. The van der Waals surface area contributed by atoms with Crippen LogP contribution in [0.2, 0.25) is 0 Å². The van der Waals surface area contributed by atoms with Crippen molar-refractivity contribution in [1.82, 2.24) is 0 Å². The molecule has 0 aliphatic carbocycles. The second-order valence-electron chi connectivity index (χ2n) is 3.30. The van der Waals surface area contributed by atoms with E-state index < -0.39 is 0 Å². The maximum Gasteiger partial charge on any atom is 0.231 e. The molecule has 0 saturated carbocycles. The van der Waals surface area contributed by atoms with Crippen molar-refractivity contribution in [2.24, 2.45) is 0 Å². The summed E-state index contributed by atoms with van der Waals surface area (Å²) in [5.74, 6) is 1.32. The molecule has 0 bridgehead atoms. The SMILES string of the molecule is CSC(=CC(=O)c1ccc2c(c1)OCO2)SC. The Bertz CT molecular complexity index is 463. The highest BCUT2D eigenvalue weighted by atomic mass is 32.2. The van der Waals surface area contributed by atoms with Gasteiger partial charge >= 0.3 is 0 Å². The number of allylic oxidation sites excluding steroid dienone is 1. The molecule has 0 radical (unpaired) electrons. The lowest BCUT2D eigenvalue weighted by Gasteiger charge is -2.01. The number of hydrogen-bond acceptors (Lipinski definition) is 5. The number of hydrogen-bond donors (Lipinski definition) is 0. The number of rotatable bonds is 4. The fourth-order valence-electron chi connectivity index (χ4n) is 1.44. The molecule has 90 valence electrons. The van der Waals surface area contributed by atoms with Gasteiger partial charge in [0.05, 0.1) is 0 Å². The predicted octanol–water partition coefficient (Wildman–Crippen LogP) is 3.17. The van der Waals surface area contributed by atoms with E-state index in [0.29, 0.717) is 17.1 Å². The number of fused-ring (bicyclic) bond motifs is 1. The minimum Gasteiger partial charge on any atom is -0.454 e. The van der Waals surface area contributed by atoms with Gasteiger partial charge < -0.3 is 9.47 Å². The quantitative estimate of drug-likeness (QED) is 0.619. The summed E-state index contributed by atoms with van der Waals surface area (Å²) >= 11 is 3.13. The normalized spacial score (nSPS) is 12.4. The van der Waals surface area contributed by atoms with E-state index in [0.717, 1.165) is 4.24 Å². The van der Waals surface area contributed by atoms with Crippen LogP contribution >= 0.6 is 23.5 Å². The summed E-state index contributed by atoms with van der Waals surface area (Å²) in [5.41, 5.74) is 0.620. The van der Waals surface area contributed by atoms with E-state index >= 15 is 0 Å². The largest absolute Gasteiger partial charge is 0.454 e. The third-order valence-electron chi connectivity index (χ3n) is 2.31. The predicted molar refractivity (Wildman–Crippen MR) is 72.0 cm³/mol. The first kappa shape index (κ1) is 12.4. The summed E-state index contributed by atoms with van der Waals surface area (Å²) in [6, 6.07) is 5.24. The van der Waals surface area contributed by atoms with Crippen molar-refractivity contribution in [2.45, 2.75) is 0 Å². The highest BCUT2D eigenvalue weighted by molar-refractivity contribution is 8.21. The second-order valence-corrected chi connectivity index (χ2v) is 5.26. The number of ether oxygens (including phenoxy) is 2. The van der Waals surface area contributed by atoms with Gasteiger partial charge in [-0.25, -0.2) is 0 Å². The fourth-order valence-corrected chi connectivity index (χ4v) is 2.56. The van der Waals surface area contributed by atoms with E-state index in [1.165, 1.54) is 0 Å². The van der Waals surface area contributed by atoms with Gasteiger partial charge in [0.15, 0.2) is 17.3 Å². The van der Waals surface area contributed by atoms with Gasteiger partial charge in [-0.05, 0) is 30.7 Å². The Morgan fingerprint density at radius 1 is 1.24 bits per heavy atom. The number of carbonyl (C=O) groups excluding carboxylic acids is 1. The summed E-state index contributed by atoms with van der Waals surface area (Å²) < 4.78 is 11.4. The summed E-state index contributed by atoms with van der Waals surface area (Å²) in [7, 11) is 0. The van der Waals surface area contributed by atoms with E-state index in [2.05, 4.69) is 0 Å². The molecule has 1 aliphatic rings. The molecule has 0 saturated heterocycles. The molecule has 17 heavy (non-hydrogen) atoms. The van der Waals surface area contributed by atoms with Gasteiger partial charge in [-0.1, -0.05) is 0 Å². The molecule has 1 aromatic rings. The summed E-state index contributed by atoms with van der Waals surface area (Å²) in [6.07, 6.45) is 5.55. The van der Waals surface area contributed by atoms with Gasteiger partial charge in [0.1, 0.15) is 0 Å². The molecule has 0 atom stereocenters. The molecule has 0 spiro atoms. The van der Waals surface area contributed by atoms with E-state index in [1.54, 1.807) is 47.8 Å². The average molecular weight is 268 g/mol. The number of benzene rings is 1. The lowest BCUT2D eigenvalue weighted by atomic mass is 10.1. The van der Waals surface area contributed by atoms with Crippen molar-refractivity contribution in [2.75, 3.05) is 19.3 Å². The van der Waals surface area contributed by atoms with Crippen LogP contribution in [-0.2, 0) is 0 Å². The molecule has 1 aliphatic heterocycles. The zero-order chi connectivity index (χ0) is 12.3. The first-order valence-electron chi connectivity index (χ1n) is 4.98. The van der Waals surface area contributed by atoms with Gasteiger partial charge in [0.25, 0.3) is 0 Å². The minimum atomic E-state index is -0.0120. The lowest BCUT2D eigenvalue weighted by Crippen LogP contribution is -1.95. The summed E-state index contributed by atoms with van der Waals surface area (Å²) in [5, 5.41) is 0. The number of carbonyl (C=O) groups is 1. The molecule has 1 aromatic carbocycles. The third kappa shape index (κ3) is 2.79. The summed E-state index contributed by atoms with van der Waals surface area (Å²) in [4.78, 5) is 12.0. The van der Waals surface area contributed by atoms with Crippen molar-refractivity contribution in [3.8, 4) is 11.5 Å². The van der Waals surface area contributed by atoms with E-state index in [1.807, 2.05) is 12.5 Å². The topological polar surface area (TPSA) is 35.5 Å². The van der Waals surface area contributed by atoms with Crippen molar-refractivity contribution in [3.05, 3.63) is 34.1 Å². The Balaban J connectivity index is 2.23. The average Bonchev–Trinajstić information content (AvgIpc) is 2.82. The molecular formula is C12H12O3S2. The monoisotopic (exact) mass is 268 g/mol.